The van der Waals surface area contributed by atoms with Gasteiger partial charge in [0.2, 0.25) is 0 Å². The number of rotatable bonds is 10. The van der Waals surface area contributed by atoms with Gasteiger partial charge in [0.15, 0.2) is 5.78 Å². The molecule has 4 heteroatoms. The Kier molecular flexibility index (Phi) is 7.51. The average Bonchev–Trinajstić information content (AvgIpc) is 2.46. The first-order valence-corrected chi connectivity index (χ1v) is 7.73. The quantitative estimate of drug-likeness (QED) is 0.383. The molecule has 0 aliphatic rings. The summed E-state index contributed by atoms with van der Waals surface area (Å²) in [5.74, 6) is -1.16. The summed E-state index contributed by atoms with van der Waals surface area (Å²) in [5, 5.41) is 9.00. The number of Topliss-reactive ketones (excluding diaryl/α,β-unsaturated/α-hetero) is 1. The lowest BCUT2D eigenvalue weighted by atomic mass is 9.99. The van der Waals surface area contributed by atoms with Crippen molar-refractivity contribution in [2.75, 3.05) is 5.73 Å². The van der Waals surface area contributed by atoms with E-state index < -0.39 is 5.97 Å². The molecule has 1 aromatic rings. The van der Waals surface area contributed by atoms with E-state index in [2.05, 4.69) is 6.92 Å². The van der Waals surface area contributed by atoms with Crippen LogP contribution in [0.25, 0.3) is 0 Å². The molecule has 0 radical (unpaired) electrons. The molecule has 0 atom stereocenters. The summed E-state index contributed by atoms with van der Waals surface area (Å²) < 4.78 is 0. The summed E-state index contributed by atoms with van der Waals surface area (Å²) in [6, 6.07) is 4.59. The molecule has 0 aliphatic heterocycles. The summed E-state index contributed by atoms with van der Waals surface area (Å²) in [7, 11) is 0. The van der Waals surface area contributed by atoms with Crippen LogP contribution in [0.4, 0.5) is 5.69 Å². The average molecular weight is 291 g/mol. The fourth-order valence-corrected chi connectivity index (χ4v) is 2.37. The molecule has 0 heterocycles. The number of hydrogen-bond acceptors (Lipinski definition) is 3. The second kappa shape index (κ2) is 9.16. The van der Waals surface area contributed by atoms with Crippen LogP contribution in [-0.4, -0.2) is 16.9 Å². The molecule has 0 aliphatic carbocycles. The molecule has 3 N–H and O–H groups in total. The maximum absolute atomic E-state index is 12.1. The van der Waals surface area contributed by atoms with Gasteiger partial charge in [0.25, 0.3) is 0 Å². The van der Waals surface area contributed by atoms with Crippen LogP contribution in [0.3, 0.4) is 0 Å². The highest BCUT2D eigenvalue weighted by Gasteiger charge is 2.15. The predicted molar refractivity (Wildman–Crippen MR) is 84.8 cm³/mol. The number of hydrogen-bond donors (Lipinski definition) is 2. The normalized spacial score (nSPS) is 10.5. The van der Waals surface area contributed by atoms with Crippen LogP contribution >= 0.6 is 0 Å². The second-order valence-corrected chi connectivity index (χ2v) is 5.37. The summed E-state index contributed by atoms with van der Waals surface area (Å²) in [6.07, 6.45) is 8.44. The zero-order valence-electron chi connectivity index (χ0n) is 12.7. The summed E-state index contributed by atoms with van der Waals surface area (Å²) in [4.78, 5) is 23.1. The third-order valence-electron chi connectivity index (χ3n) is 3.64. The van der Waals surface area contributed by atoms with E-state index in [0.717, 1.165) is 19.3 Å². The number of carboxylic acids is 1. The molecule has 0 bridgehead atoms. The lowest BCUT2D eigenvalue weighted by Gasteiger charge is -2.07. The van der Waals surface area contributed by atoms with Gasteiger partial charge < -0.3 is 10.8 Å². The van der Waals surface area contributed by atoms with E-state index in [1.54, 1.807) is 12.1 Å². The third kappa shape index (κ3) is 5.58. The Morgan fingerprint density at radius 2 is 1.57 bits per heavy atom. The van der Waals surface area contributed by atoms with Crippen LogP contribution in [-0.2, 0) is 0 Å². The van der Waals surface area contributed by atoms with Gasteiger partial charge in [-0.15, -0.1) is 0 Å². The summed E-state index contributed by atoms with van der Waals surface area (Å²) >= 11 is 0. The van der Waals surface area contributed by atoms with Gasteiger partial charge in [0, 0.05) is 12.0 Å². The van der Waals surface area contributed by atoms with Crippen molar-refractivity contribution in [3.63, 3.8) is 0 Å². The highest BCUT2D eigenvalue weighted by atomic mass is 16.4. The Labute approximate surface area is 126 Å². The fourth-order valence-electron chi connectivity index (χ4n) is 2.37. The number of nitrogen functional groups attached to an aromatic ring is 1. The molecule has 0 saturated carbocycles. The summed E-state index contributed by atoms with van der Waals surface area (Å²) in [5.41, 5.74) is 6.18. The van der Waals surface area contributed by atoms with E-state index in [9.17, 15) is 9.59 Å². The number of aromatic carboxylic acids is 1. The molecule has 0 saturated heterocycles. The largest absolute Gasteiger partial charge is 0.478 e. The molecule has 0 unspecified atom stereocenters. The molecule has 0 amide bonds. The molecule has 116 valence electrons. The van der Waals surface area contributed by atoms with Crippen molar-refractivity contribution in [3.8, 4) is 0 Å². The van der Waals surface area contributed by atoms with Gasteiger partial charge in [-0.1, -0.05) is 51.5 Å². The van der Waals surface area contributed by atoms with Crippen molar-refractivity contribution in [2.45, 2.75) is 58.3 Å². The van der Waals surface area contributed by atoms with Gasteiger partial charge in [0.1, 0.15) is 0 Å². The Hall–Kier alpha value is -1.84. The molecule has 1 rings (SSSR count). The van der Waals surface area contributed by atoms with Crippen molar-refractivity contribution in [1.29, 1.82) is 0 Å². The van der Waals surface area contributed by atoms with Crippen LogP contribution in [0.1, 0.15) is 79.0 Å². The molecule has 1 aromatic carbocycles. The zero-order chi connectivity index (χ0) is 15.7. The lowest BCUT2D eigenvalue weighted by molar-refractivity contribution is 0.0698. The number of benzene rings is 1. The zero-order valence-corrected chi connectivity index (χ0v) is 12.7. The molecule has 0 spiro atoms. The van der Waals surface area contributed by atoms with E-state index in [0.29, 0.717) is 12.0 Å². The standard InChI is InChI=1S/C17H25NO3/c1-2-3-4-5-6-7-8-12-15(19)13-10-9-11-14(16(13)18)17(20)21/h9-11H,2-8,12,18H2,1H3,(H,20,21). The number of nitrogens with two attached hydrogens (primary N) is 1. The minimum Gasteiger partial charge on any atom is -0.478 e. The highest BCUT2D eigenvalue weighted by Crippen LogP contribution is 2.20. The van der Waals surface area contributed by atoms with E-state index in [1.165, 1.54) is 31.7 Å². The maximum atomic E-state index is 12.1. The number of carbonyl (C=O) groups excluding carboxylic acids is 1. The number of carboxylic acid groups (broad SMARTS) is 1. The van der Waals surface area contributed by atoms with Gasteiger partial charge in [-0.3, -0.25) is 4.79 Å². The van der Waals surface area contributed by atoms with Crippen LogP contribution < -0.4 is 5.73 Å². The van der Waals surface area contributed by atoms with Gasteiger partial charge in [-0.25, -0.2) is 4.79 Å². The molecular formula is C17H25NO3. The summed E-state index contributed by atoms with van der Waals surface area (Å²) in [6.45, 7) is 2.19. The minimum atomic E-state index is -1.10. The van der Waals surface area contributed by atoms with Crippen molar-refractivity contribution in [1.82, 2.24) is 0 Å². The Morgan fingerprint density at radius 1 is 1.00 bits per heavy atom. The molecule has 0 fully saturated rings. The first-order chi connectivity index (χ1) is 10.1. The first kappa shape index (κ1) is 17.2. The third-order valence-corrected chi connectivity index (χ3v) is 3.64. The van der Waals surface area contributed by atoms with Crippen molar-refractivity contribution in [2.24, 2.45) is 0 Å². The Balaban J connectivity index is 2.42. The minimum absolute atomic E-state index is 0.000385. The van der Waals surface area contributed by atoms with E-state index in [1.807, 2.05) is 0 Å². The fraction of sp³-hybridized carbons (Fsp3) is 0.529. The number of carbonyl (C=O) groups is 2. The van der Waals surface area contributed by atoms with Crippen molar-refractivity contribution < 1.29 is 14.7 Å². The van der Waals surface area contributed by atoms with Gasteiger partial charge in [0.05, 0.1) is 11.3 Å². The van der Waals surface area contributed by atoms with Gasteiger partial charge in [-0.05, 0) is 18.6 Å². The molecular weight excluding hydrogens is 266 g/mol. The van der Waals surface area contributed by atoms with Crippen LogP contribution in [0.15, 0.2) is 18.2 Å². The predicted octanol–water partition coefficient (Wildman–Crippen LogP) is 4.29. The smallest absolute Gasteiger partial charge is 0.337 e. The van der Waals surface area contributed by atoms with Crippen LogP contribution in [0.2, 0.25) is 0 Å². The monoisotopic (exact) mass is 291 g/mol. The SMILES string of the molecule is CCCCCCCCCC(=O)c1cccc(C(=O)O)c1N. The number of anilines is 1. The van der Waals surface area contributed by atoms with Crippen LogP contribution in [0.5, 0.6) is 0 Å². The van der Waals surface area contributed by atoms with Gasteiger partial charge >= 0.3 is 5.97 Å². The first-order valence-electron chi connectivity index (χ1n) is 7.73. The number of para-hydroxylation sites is 1. The second-order valence-electron chi connectivity index (χ2n) is 5.37. The van der Waals surface area contributed by atoms with Crippen LogP contribution in [0, 0.1) is 0 Å². The number of unbranched alkanes of at least 4 members (excludes halogenated alkanes) is 6. The topological polar surface area (TPSA) is 80.4 Å². The Morgan fingerprint density at radius 3 is 2.19 bits per heavy atom. The molecule has 4 nitrogen and oxygen atoms in total. The maximum Gasteiger partial charge on any atom is 0.337 e. The van der Waals surface area contributed by atoms with Crippen molar-refractivity contribution in [3.05, 3.63) is 29.3 Å². The van der Waals surface area contributed by atoms with E-state index >= 15 is 0 Å². The van der Waals surface area contributed by atoms with Crippen molar-refractivity contribution >= 4 is 17.4 Å². The van der Waals surface area contributed by atoms with E-state index in [4.69, 9.17) is 10.8 Å². The molecule has 21 heavy (non-hydrogen) atoms. The Bertz CT molecular complexity index is 483. The van der Waals surface area contributed by atoms with E-state index in [-0.39, 0.29) is 17.0 Å². The lowest BCUT2D eigenvalue weighted by Crippen LogP contribution is -2.09. The van der Waals surface area contributed by atoms with Gasteiger partial charge in [-0.2, -0.15) is 0 Å². The number of ketones is 1. The molecule has 0 aromatic heterocycles. The highest BCUT2D eigenvalue weighted by molar-refractivity contribution is 6.06.